The van der Waals surface area contributed by atoms with Crippen LogP contribution in [0.1, 0.15) is 6.92 Å². The van der Waals surface area contributed by atoms with Gasteiger partial charge in [-0.2, -0.15) is 0 Å². The van der Waals surface area contributed by atoms with Gasteiger partial charge in [0.25, 0.3) is 0 Å². The summed E-state index contributed by atoms with van der Waals surface area (Å²) in [6, 6.07) is 5.92. The van der Waals surface area contributed by atoms with E-state index in [1.54, 1.807) is 12.1 Å². The Hall–Kier alpha value is -1.12. The molecule has 1 N–H and O–H groups in total. The number of sulfone groups is 1. The van der Waals surface area contributed by atoms with E-state index in [1.165, 1.54) is 12.1 Å². The Morgan fingerprint density at radius 2 is 1.68 bits per heavy atom. The molecule has 19 heavy (non-hydrogen) atoms. The van der Waals surface area contributed by atoms with Crippen LogP contribution in [-0.2, 0) is 19.9 Å². The van der Waals surface area contributed by atoms with Gasteiger partial charge >= 0.3 is 0 Å². The Bertz CT molecular complexity index is 605. The largest absolute Gasteiger partial charge is 0.494 e. The minimum atomic E-state index is -3.68. The minimum Gasteiger partial charge on any atom is -0.494 e. The predicted molar refractivity (Wildman–Crippen MR) is 72.5 cm³/mol. The van der Waals surface area contributed by atoms with Crippen LogP contribution in [0.3, 0.4) is 0 Å². The van der Waals surface area contributed by atoms with E-state index in [0.29, 0.717) is 12.4 Å². The fourth-order valence-electron chi connectivity index (χ4n) is 1.33. The molecule has 0 radical (unpaired) electrons. The monoisotopic (exact) mass is 307 g/mol. The van der Waals surface area contributed by atoms with Crippen molar-refractivity contribution >= 4 is 19.9 Å². The summed E-state index contributed by atoms with van der Waals surface area (Å²) in [5.74, 6) is 0.348. The van der Waals surface area contributed by atoms with E-state index in [1.807, 2.05) is 6.92 Å². The van der Waals surface area contributed by atoms with Gasteiger partial charge in [-0.3, -0.25) is 0 Å². The molecule has 0 amide bonds. The van der Waals surface area contributed by atoms with Crippen molar-refractivity contribution in [2.75, 3.05) is 25.2 Å². The lowest BCUT2D eigenvalue weighted by molar-refractivity contribution is 0.340. The highest BCUT2D eigenvalue weighted by molar-refractivity contribution is 7.91. The van der Waals surface area contributed by atoms with Gasteiger partial charge in [0.05, 0.1) is 17.3 Å². The summed E-state index contributed by atoms with van der Waals surface area (Å²) in [5, 5.41) is 0. The molecule has 0 bridgehead atoms. The van der Waals surface area contributed by atoms with Gasteiger partial charge in [-0.15, -0.1) is 0 Å². The molecule has 0 aliphatic carbocycles. The molecule has 0 spiro atoms. The molecule has 6 nitrogen and oxygen atoms in total. The average molecular weight is 307 g/mol. The number of hydrogen-bond donors (Lipinski definition) is 1. The van der Waals surface area contributed by atoms with Crippen molar-refractivity contribution in [1.29, 1.82) is 0 Å². The van der Waals surface area contributed by atoms with Gasteiger partial charge < -0.3 is 4.74 Å². The van der Waals surface area contributed by atoms with Gasteiger partial charge in [-0.05, 0) is 31.2 Å². The average Bonchev–Trinajstić information content (AvgIpc) is 2.28. The molecule has 0 saturated carbocycles. The minimum absolute atomic E-state index is 0.0736. The quantitative estimate of drug-likeness (QED) is 0.788. The van der Waals surface area contributed by atoms with Crippen LogP contribution >= 0.6 is 0 Å². The van der Waals surface area contributed by atoms with E-state index in [-0.39, 0.29) is 17.2 Å². The van der Waals surface area contributed by atoms with Crippen molar-refractivity contribution < 1.29 is 21.6 Å². The molecule has 1 aromatic rings. The first-order chi connectivity index (χ1) is 8.74. The zero-order valence-electron chi connectivity index (χ0n) is 10.8. The maximum Gasteiger partial charge on any atom is 0.240 e. The van der Waals surface area contributed by atoms with Gasteiger partial charge in [-0.25, -0.2) is 21.6 Å². The number of nitrogens with one attached hydrogen (secondary N) is 1. The second-order valence-corrected chi connectivity index (χ2v) is 7.96. The lowest BCUT2D eigenvalue weighted by Crippen LogP contribution is -2.28. The third kappa shape index (κ3) is 5.58. The molecule has 0 heterocycles. The number of sulfonamides is 1. The van der Waals surface area contributed by atoms with Gasteiger partial charge in [0.2, 0.25) is 10.0 Å². The molecule has 0 saturated heterocycles. The van der Waals surface area contributed by atoms with E-state index in [2.05, 4.69) is 4.72 Å². The van der Waals surface area contributed by atoms with Crippen LogP contribution in [0, 0.1) is 0 Å². The Morgan fingerprint density at radius 1 is 1.11 bits per heavy atom. The Morgan fingerprint density at radius 3 is 2.16 bits per heavy atom. The van der Waals surface area contributed by atoms with Crippen molar-refractivity contribution in [3.8, 4) is 5.75 Å². The molecule has 0 aromatic heterocycles. The van der Waals surface area contributed by atoms with Crippen LogP contribution < -0.4 is 9.46 Å². The van der Waals surface area contributed by atoms with Crippen LogP contribution in [0.15, 0.2) is 29.2 Å². The maximum absolute atomic E-state index is 11.8. The second kappa shape index (κ2) is 6.36. The van der Waals surface area contributed by atoms with Crippen molar-refractivity contribution in [1.82, 2.24) is 4.72 Å². The zero-order chi connectivity index (χ0) is 14.5. The Kier molecular flexibility index (Phi) is 5.33. The molecule has 1 aromatic carbocycles. The van der Waals surface area contributed by atoms with Gasteiger partial charge in [-0.1, -0.05) is 0 Å². The van der Waals surface area contributed by atoms with Gasteiger partial charge in [0.15, 0.2) is 0 Å². The summed E-state index contributed by atoms with van der Waals surface area (Å²) in [6.45, 7) is 2.19. The van der Waals surface area contributed by atoms with Crippen LogP contribution in [-0.4, -0.2) is 42.0 Å². The Balaban J connectivity index is 2.72. The molecule has 108 valence electrons. The summed E-state index contributed by atoms with van der Waals surface area (Å²) >= 11 is 0. The molecule has 1 rings (SSSR count). The Labute approximate surface area is 113 Å². The van der Waals surface area contributed by atoms with Crippen molar-refractivity contribution in [2.45, 2.75) is 11.8 Å². The first-order valence-corrected chi connectivity index (χ1v) is 9.19. The van der Waals surface area contributed by atoms with Crippen molar-refractivity contribution in [3.63, 3.8) is 0 Å². The van der Waals surface area contributed by atoms with Crippen LogP contribution in [0.4, 0.5) is 0 Å². The normalized spacial score (nSPS) is 12.3. The summed E-state index contributed by atoms with van der Waals surface area (Å²) in [4.78, 5) is 0.0736. The molecular weight excluding hydrogens is 290 g/mol. The molecule has 0 fully saturated rings. The first-order valence-electron chi connectivity index (χ1n) is 5.65. The number of rotatable bonds is 7. The summed E-state index contributed by atoms with van der Waals surface area (Å²) in [7, 11) is -6.87. The topological polar surface area (TPSA) is 89.5 Å². The molecule has 0 aliphatic heterocycles. The number of ether oxygens (including phenoxy) is 1. The van der Waals surface area contributed by atoms with Crippen molar-refractivity contribution in [2.24, 2.45) is 0 Å². The fourth-order valence-corrected chi connectivity index (χ4v) is 2.96. The standard InChI is InChI=1S/C11H17NO5S2/c1-3-17-10-4-6-11(7-5-10)19(15,16)12-8-9-18(2,13)14/h4-7,12H,3,8-9H2,1-2H3. The lowest BCUT2D eigenvalue weighted by Gasteiger charge is -2.07. The molecule has 8 heteroatoms. The predicted octanol–water partition coefficient (Wildman–Crippen LogP) is 0.408. The molecule has 0 unspecified atom stereocenters. The fraction of sp³-hybridized carbons (Fsp3) is 0.455. The highest BCUT2D eigenvalue weighted by Gasteiger charge is 2.14. The highest BCUT2D eigenvalue weighted by Crippen LogP contribution is 2.15. The molecular formula is C11H17NO5S2. The van der Waals surface area contributed by atoms with E-state index in [4.69, 9.17) is 4.74 Å². The summed E-state index contributed by atoms with van der Waals surface area (Å²) in [5.41, 5.74) is 0. The smallest absolute Gasteiger partial charge is 0.240 e. The van der Waals surface area contributed by atoms with E-state index >= 15 is 0 Å². The van der Waals surface area contributed by atoms with Crippen LogP contribution in [0.25, 0.3) is 0 Å². The van der Waals surface area contributed by atoms with Crippen LogP contribution in [0.2, 0.25) is 0 Å². The zero-order valence-corrected chi connectivity index (χ0v) is 12.4. The highest BCUT2D eigenvalue weighted by atomic mass is 32.2. The van der Waals surface area contributed by atoms with Gasteiger partial charge in [0.1, 0.15) is 15.6 Å². The first kappa shape index (κ1) is 15.9. The summed E-state index contributed by atoms with van der Waals surface area (Å²) < 4.78 is 53.0. The lowest BCUT2D eigenvalue weighted by atomic mass is 10.3. The third-order valence-corrected chi connectivity index (χ3v) is 4.63. The van der Waals surface area contributed by atoms with Crippen molar-refractivity contribution in [3.05, 3.63) is 24.3 Å². The van der Waals surface area contributed by atoms with E-state index in [0.717, 1.165) is 6.26 Å². The van der Waals surface area contributed by atoms with E-state index in [9.17, 15) is 16.8 Å². The van der Waals surface area contributed by atoms with Gasteiger partial charge in [0, 0.05) is 12.8 Å². The summed E-state index contributed by atoms with van der Waals surface area (Å²) in [6.07, 6.45) is 1.05. The number of hydrogen-bond acceptors (Lipinski definition) is 5. The maximum atomic E-state index is 11.8. The molecule has 0 aliphatic rings. The molecule has 0 atom stereocenters. The van der Waals surface area contributed by atoms with Crippen LogP contribution in [0.5, 0.6) is 5.75 Å². The second-order valence-electron chi connectivity index (χ2n) is 3.93. The number of benzene rings is 1. The SMILES string of the molecule is CCOc1ccc(S(=O)(=O)NCCS(C)(=O)=O)cc1. The van der Waals surface area contributed by atoms with E-state index < -0.39 is 19.9 Å². The third-order valence-electron chi connectivity index (χ3n) is 2.21.